The highest BCUT2D eigenvalue weighted by atomic mass is 15.2. The summed E-state index contributed by atoms with van der Waals surface area (Å²) in [6, 6.07) is 18.5. The second kappa shape index (κ2) is 6.10. The third-order valence-electron chi connectivity index (χ3n) is 4.92. The van der Waals surface area contributed by atoms with Crippen LogP contribution in [0.2, 0.25) is 0 Å². The van der Waals surface area contributed by atoms with Crippen molar-refractivity contribution in [2.75, 3.05) is 13.1 Å². The molecule has 0 saturated carbocycles. The van der Waals surface area contributed by atoms with Gasteiger partial charge in [0.05, 0.1) is 22.7 Å². The maximum absolute atomic E-state index is 9.04. The largest absolute Gasteiger partial charge is 0.331 e. The predicted octanol–water partition coefficient (Wildman–Crippen LogP) is 3.43. The molecule has 4 heteroatoms. The van der Waals surface area contributed by atoms with Gasteiger partial charge in [0.15, 0.2) is 0 Å². The standard InChI is InChI=1S/C20H20N4/c1-23-19-8-3-2-7-18(19)22-20(23)17-9-10-24(14-17)13-16-6-4-5-15(11-16)12-21/h2-8,11,17H,9-10,13-14H2,1H3. The molecule has 0 radical (unpaired) electrons. The second-order valence-corrected chi connectivity index (χ2v) is 6.55. The lowest BCUT2D eigenvalue weighted by Gasteiger charge is -2.16. The van der Waals surface area contributed by atoms with Crippen LogP contribution in [0, 0.1) is 11.3 Å². The number of fused-ring (bicyclic) bond motifs is 1. The van der Waals surface area contributed by atoms with Crippen molar-refractivity contribution in [2.24, 2.45) is 7.05 Å². The molecule has 0 bridgehead atoms. The first kappa shape index (κ1) is 14.9. The van der Waals surface area contributed by atoms with Gasteiger partial charge in [-0.05, 0) is 42.8 Å². The highest BCUT2D eigenvalue weighted by Crippen LogP contribution is 2.29. The first-order chi connectivity index (χ1) is 11.7. The van der Waals surface area contributed by atoms with Crippen LogP contribution in [0.3, 0.4) is 0 Å². The number of nitriles is 1. The molecule has 1 aromatic heterocycles. The van der Waals surface area contributed by atoms with Crippen LogP contribution in [0.1, 0.15) is 29.3 Å². The normalized spacial score (nSPS) is 18.1. The van der Waals surface area contributed by atoms with Gasteiger partial charge in [0, 0.05) is 26.1 Å². The number of hydrogen-bond donors (Lipinski definition) is 0. The maximum Gasteiger partial charge on any atom is 0.114 e. The van der Waals surface area contributed by atoms with Gasteiger partial charge in [-0.3, -0.25) is 4.90 Å². The van der Waals surface area contributed by atoms with E-state index in [-0.39, 0.29) is 0 Å². The fourth-order valence-corrected chi connectivity index (χ4v) is 3.71. The van der Waals surface area contributed by atoms with Crippen LogP contribution in [0.15, 0.2) is 48.5 Å². The number of para-hydroxylation sites is 2. The van der Waals surface area contributed by atoms with E-state index in [0.717, 1.165) is 37.1 Å². The number of imidazole rings is 1. The number of nitrogens with zero attached hydrogens (tertiary/aromatic N) is 4. The smallest absolute Gasteiger partial charge is 0.114 e. The fraction of sp³-hybridized carbons (Fsp3) is 0.300. The lowest BCUT2D eigenvalue weighted by Crippen LogP contribution is -2.20. The summed E-state index contributed by atoms with van der Waals surface area (Å²) < 4.78 is 2.24. The summed E-state index contributed by atoms with van der Waals surface area (Å²) in [5, 5.41) is 9.04. The second-order valence-electron chi connectivity index (χ2n) is 6.55. The molecule has 1 saturated heterocycles. The van der Waals surface area contributed by atoms with Crippen LogP contribution in [0.5, 0.6) is 0 Å². The number of hydrogen-bond acceptors (Lipinski definition) is 3. The topological polar surface area (TPSA) is 44.9 Å². The Kier molecular flexibility index (Phi) is 3.79. The monoisotopic (exact) mass is 316 g/mol. The molecule has 1 aliphatic rings. The highest BCUT2D eigenvalue weighted by Gasteiger charge is 2.27. The molecule has 3 aromatic rings. The number of benzene rings is 2. The number of likely N-dealkylation sites (tertiary alicyclic amines) is 1. The van der Waals surface area contributed by atoms with Crippen molar-refractivity contribution in [1.29, 1.82) is 5.26 Å². The predicted molar refractivity (Wildman–Crippen MR) is 94.5 cm³/mol. The lowest BCUT2D eigenvalue weighted by atomic mass is 10.1. The molecule has 1 unspecified atom stereocenters. The minimum Gasteiger partial charge on any atom is -0.331 e. The number of aromatic nitrogens is 2. The Morgan fingerprint density at radius 1 is 1.21 bits per heavy atom. The van der Waals surface area contributed by atoms with E-state index in [2.05, 4.69) is 46.8 Å². The van der Waals surface area contributed by atoms with Crippen LogP contribution in [-0.2, 0) is 13.6 Å². The molecule has 2 heterocycles. The molecule has 1 aliphatic heterocycles. The van der Waals surface area contributed by atoms with Crippen molar-refractivity contribution in [1.82, 2.24) is 14.5 Å². The zero-order chi connectivity index (χ0) is 16.5. The third kappa shape index (κ3) is 2.68. The summed E-state index contributed by atoms with van der Waals surface area (Å²) in [5.74, 6) is 1.66. The molecule has 0 aliphatic carbocycles. The Hall–Kier alpha value is -2.64. The fourth-order valence-electron chi connectivity index (χ4n) is 3.71. The van der Waals surface area contributed by atoms with E-state index in [1.807, 2.05) is 24.3 Å². The molecular formula is C20H20N4. The van der Waals surface area contributed by atoms with Gasteiger partial charge in [-0.2, -0.15) is 5.26 Å². The summed E-state index contributed by atoms with van der Waals surface area (Å²) in [6.07, 6.45) is 1.13. The Morgan fingerprint density at radius 3 is 2.92 bits per heavy atom. The summed E-state index contributed by atoms with van der Waals surface area (Å²) in [5.41, 5.74) is 4.22. The van der Waals surface area contributed by atoms with E-state index >= 15 is 0 Å². The molecule has 120 valence electrons. The van der Waals surface area contributed by atoms with Crippen LogP contribution < -0.4 is 0 Å². The van der Waals surface area contributed by atoms with Crippen molar-refractivity contribution in [3.8, 4) is 6.07 Å². The average Bonchev–Trinajstić information content (AvgIpc) is 3.20. The van der Waals surface area contributed by atoms with Gasteiger partial charge in [-0.25, -0.2) is 4.98 Å². The van der Waals surface area contributed by atoms with Gasteiger partial charge < -0.3 is 4.57 Å². The molecule has 1 fully saturated rings. The first-order valence-electron chi connectivity index (χ1n) is 8.37. The molecule has 0 amide bonds. The Bertz CT molecular complexity index is 919. The molecule has 1 atom stereocenters. The molecule has 0 spiro atoms. The van der Waals surface area contributed by atoms with E-state index in [4.69, 9.17) is 10.2 Å². The Balaban J connectivity index is 1.51. The van der Waals surface area contributed by atoms with E-state index in [9.17, 15) is 0 Å². The van der Waals surface area contributed by atoms with E-state index in [0.29, 0.717) is 5.92 Å². The van der Waals surface area contributed by atoms with Crippen LogP contribution in [0.4, 0.5) is 0 Å². The van der Waals surface area contributed by atoms with Crippen molar-refractivity contribution in [3.05, 3.63) is 65.5 Å². The SMILES string of the molecule is Cn1c(C2CCN(Cc3cccc(C#N)c3)C2)nc2ccccc21. The van der Waals surface area contributed by atoms with Crippen molar-refractivity contribution in [2.45, 2.75) is 18.9 Å². The minimum atomic E-state index is 0.474. The summed E-state index contributed by atoms with van der Waals surface area (Å²) in [6.45, 7) is 2.99. The summed E-state index contributed by atoms with van der Waals surface area (Å²) in [4.78, 5) is 7.32. The quantitative estimate of drug-likeness (QED) is 0.743. The number of aryl methyl sites for hydroxylation is 1. The third-order valence-corrected chi connectivity index (χ3v) is 4.92. The van der Waals surface area contributed by atoms with Crippen molar-refractivity contribution < 1.29 is 0 Å². The van der Waals surface area contributed by atoms with Crippen LogP contribution in [0.25, 0.3) is 11.0 Å². The van der Waals surface area contributed by atoms with Crippen molar-refractivity contribution in [3.63, 3.8) is 0 Å². The maximum atomic E-state index is 9.04. The molecule has 24 heavy (non-hydrogen) atoms. The lowest BCUT2D eigenvalue weighted by molar-refractivity contribution is 0.325. The average molecular weight is 316 g/mol. The van der Waals surface area contributed by atoms with E-state index in [1.165, 1.54) is 16.9 Å². The summed E-state index contributed by atoms with van der Waals surface area (Å²) >= 11 is 0. The van der Waals surface area contributed by atoms with Gasteiger partial charge >= 0.3 is 0 Å². The van der Waals surface area contributed by atoms with E-state index in [1.54, 1.807) is 0 Å². The molecule has 0 N–H and O–H groups in total. The zero-order valence-electron chi connectivity index (χ0n) is 13.8. The Morgan fingerprint density at radius 2 is 2.08 bits per heavy atom. The zero-order valence-corrected chi connectivity index (χ0v) is 13.8. The number of rotatable bonds is 3. The summed E-state index contributed by atoms with van der Waals surface area (Å²) in [7, 11) is 2.11. The van der Waals surface area contributed by atoms with Crippen molar-refractivity contribution >= 4 is 11.0 Å². The van der Waals surface area contributed by atoms with Gasteiger partial charge in [0.2, 0.25) is 0 Å². The van der Waals surface area contributed by atoms with Gasteiger partial charge in [-0.1, -0.05) is 24.3 Å². The van der Waals surface area contributed by atoms with Gasteiger partial charge in [-0.15, -0.1) is 0 Å². The molecule has 2 aromatic carbocycles. The molecule has 4 nitrogen and oxygen atoms in total. The van der Waals surface area contributed by atoms with Crippen LogP contribution >= 0.6 is 0 Å². The Labute approximate surface area is 142 Å². The highest BCUT2D eigenvalue weighted by molar-refractivity contribution is 5.75. The van der Waals surface area contributed by atoms with Crippen LogP contribution in [-0.4, -0.2) is 27.5 Å². The molecule has 4 rings (SSSR count). The van der Waals surface area contributed by atoms with E-state index < -0.39 is 0 Å². The first-order valence-corrected chi connectivity index (χ1v) is 8.37. The molecular weight excluding hydrogens is 296 g/mol. The van der Waals surface area contributed by atoms with Gasteiger partial charge in [0.25, 0.3) is 0 Å². The van der Waals surface area contributed by atoms with Gasteiger partial charge in [0.1, 0.15) is 5.82 Å². The minimum absolute atomic E-state index is 0.474.